The number of likely N-dealkylation sites (N-methyl/N-ethyl adjacent to an activating group) is 1. The van der Waals surface area contributed by atoms with Crippen molar-refractivity contribution < 1.29 is 0 Å². The van der Waals surface area contributed by atoms with E-state index in [0.29, 0.717) is 11.5 Å². The van der Waals surface area contributed by atoms with Gasteiger partial charge in [0.2, 0.25) is 0 Å². The van der Waals surface area contributed by atoms with Crippen LogP contribution in [0.1, 0.15) is 44.0 Å². The van der Waals surface area contributed by atoms with Crippen LogP contribution in [-0.2, 0) is 6.42 Å². The average Bonchev–Trinajstić information content (AvgIpc) is 2.79. The molecule has 0 amide bonds. The van der Waals surface area contributed by atoms with Crippen LogP contribution >= 0.6 is 11.3 Å². The van der Waals surface area contributed by atoms with Gasteiger partial charge in [0.05, 0.1) is 5.01 Å². The third-order valence-corrected chi connectivity index (χ3v) is 4.85. The van der Waals surface area contributed by atoms with Crippen LogP contribution in [0.2, 0.25) is 0 Å². The fourth-order valence-corrected chi connectivity index (χ4v) is 3.60. The highest BCUT2D eigenvalue weighted by Crippen LogP contribution is 2.39. The van der Waals surface area contributed by atoms with Crippen molar-refractivity contribution in [1.82, 2.24) is 10.3 Å². The summed E-state index contributed by atoms with van der Waals surface area (Å²) in [6.45, 7) is 2.45. The first kappa shape index (κ1) is 12.1. The summed E-state index contributed by atoms with van der Waals surface area (Å²) in [7, 11) is 2.10. The van der Waals surface area contributed by atoms with Gasteiger partial charge in [-0.1, -0.05) is 26.2 Å². The van der Waals surface area contributed by atoms with Crippen LogP contribution in [0.3, 0.4) is 0 Å². The third kappa shape index (κ3) is 2.64. The normalized spacial score (nSPS) is 21.9. The number of nitrogens with zero attached hydrogens (tertiary/aromatic N) is 1. The predicted molar refractivity (Wildman–Crippen MR) is 69.9 cm³/mol. The molecule has 1 unspecified atom stereocenters. The highest BCUT2D eigenvalue weighted by molar-refractivity contribution is 7.09. The maximum Gasteiger partial charge on any atom is 0.0940 e. The molecule has 90 valence electrons. The second-order valence-electron chi connectivity index (χ2n) is 5.19. The van der Waals surface area contributed by atoms with Gasteiger partial charge < -0.3 is 5.32 Å². The van der Waals surface area contributed by atoms with Gasteiger partial charge in [0.1, 0.15) is 0 Å². The first-order valence-corrected chi connectivity index (χ1v) is 7.18. The first-order chi connectivity index (χ1) is 7.74. The van der Waals surface area contributed by atoms with Crippen molar-refractivity contribution in [1.29, 1.82) is 0 Å². The van der Waals surface area contributed by atoms with Crippen molar-refractivity contribution in [2.75, 3.05) is 7.05 Å². The van der Waals surface area contributed by atoms with E-state index in [9.17, 15) is 0 Å². The fourth-order valence-electron chi connectivity index (χ4n) is 2.93. The van der Waals surface area contributed by atoms with E-state index < -0.39 is 0 Å². The minimum atomic E-state index is 0.471. The van der Waals surface area contributed by atoms with E-state index in [-0.39, 0.29) is 0 Å². The molecule has 0 spiro atoms. The monoisotopic (exact) mass is 238 g/mol. The standard InChI is InChI=1S/C13H22N2S/c1-13(6-4-3-5-7-13)11(14-2)10-12-15-8-9-16-12/h8-9,11,14H,3-7,10H2,1-2H3. The lowest BCUT2D eigenvalue weighted by Gasteiger charge is -2.40. The molecule has 0 aromatic carbocycles. The Morgan fingerprint density at radius 2 is 2.19 bits per heavy atom. The summed E-state index contributed by atoms with van der Waals surface area (Å²) in [6.07, 6.45) is 9.94. The summed E-state index contributed by atoms with van der Waals surface area (Å²) >= 11 is 1.78. The zero-order valence-corrected chi connectivity index (χ0v) is 11.1. The Bertz CT molecular complexity index is 302. The van der Waals surface area contributed by atoms with E-state index in [1.54, 1.807) is 11.3 Å². The van der Waals surface area contributed by atoms with Crippen molar-refractivity contribution in [3.05, 3.63) is 16.6 Å². The van der Waals surface area contributed by atoms with Crippen molar-refractivity contribution in [2.24, 2.45) is 5.41 Å². The largest absolute Gasteiger partial charge is 0.316 e. The SMILES string of the molecule is CNC(Cc1nccs1)C1(C)CCCCC1. The highest BCUT2D eigenvalue weighted by atomic mass is 32.1. The predicted octanol–water partition coefficient (Wildman–Crippen LogP) is 3.24. The molecule has 0 radical (unpaired) electrons. The Hall–Kier alpha value is -0.410. The molecule has 16 heavy (non-hydrogen) atoms. The molecule has 0 saturated heterocycles. The van der Waals surface area contributed by atoms with Crippen LogP contribution in [0.4, 0.5) is 0 Å². The Balaban J connectivity index is 2.03. The van der Waals surface area contributed by atoms with E-state index in [2.05, 4.69) is 29.7 Å². The number of aromatic nitrogens is 1. The molecule has 1 aromatic heterocycles. The Morgan fingerprint density at radius 1 is 1.44 bits per heavy atom. The number of nitrogens with one attached hydrogen (secondary N) is 1. The molecule has 2 nitrogen and oxygen atoms in total. The van der Waals surface area contributed by atoms with Gasteiger partial charge in [-0.15, -0.1) is 11.3 Å². The Labute approximate surface area is 102 Å². The number of rotatable bonds is 4. The number of hydrogen-bond donors (Lipinski definition) is 1. The highest BCUT2D eigenvalue weighted by Gasteiger charge is 2.34. The van der Waals surface area contributed by atoms with Crippen LogP contribution in [-0.4, -0.2) is 18.1 Å². The summed E-state index contributed by atoms with van der Waals surface area (Å²) in [6, 6.07) is 0.582. The van der Waals surface area contributed by atoms with Crippen molar-refractivity contribution in [3.63, 3.8) is 0 Å². The lowest BCUT2D eigenvalue weighted by molar-refractivity contribution is 0.149. The van der Waals surface area contributed by atoms with Gasteiger partial charge >= 0.3 is 0 Å². The maximum atomic E-state index is 4.41. The van der Waals surface area contributed by atoms with Crippen LogP contribution < -0.4 is 5.32 Å². The van der Waals surface area contributed by atoms with Crippen LogP contribution in [0.15, 0.2) is 11.6 Å². The van der Waals surface area contributed by atoms with Crippen LogP contribution in [0, 0.1) is 5.41 Å². The Kier molecular flexibility index (Phi) is 3.98. The Morgan fingerprint density at radius 3 is 2.75 bits per heavy atom. The van der Waals surface area contributed by atoms with E-state index in [0.717, 1.165) is 6.42 Å². The molecule has 1 heterocycles. The second kappa shape index (κ2) is 5.28. The van der Waals surface area contributed by atoms with Gasteiger partial charge in [0, 0.05) is 24.0 Å². The van der Waals surface area contributed by atoms with E-state index in [1.807, 2.05) is 6.20 Å². The van der Waals surface area contributed by atoms with Gasteiger partial charge in [-0.05, 0) is 25.3 Å². The number of thiazole rings is 1. The van der Waals surface area contributed by atoms with E-state index >= 15 is 0 Å². The van der Waals surface area contributed by atoms with Crippen molar-refractivity contribution >= 4 is 11.3 Å². The van der Waals surface area contributed by atoms with Gasteiger partial charge in [0.15, 0.2) is 0 Å². The quantitative estimate of drug-likeness (QED) is 0.871. The molecule has 1 atom stereocenters. The lowest BCUT2D eigenvalue weighted by atomic mass is 9.70. The molecule has 1 N–H and O–H groups in total. The summed E-state index contributed by atoms with van der Waals surface area (Å²) in [5, 5.41) is 6.86. The molecule has 1 fully saturated rings. The van der Waals surface area contributed by atoms with Gasteiger partial charge in [0.25, 0.3) is 0 Å². The molecule has 1 aliphatic carbocycles. The smallest absolute Gasteiger partial charge is 0.0940 e. The second-order valence-corrected chi connectivity index (χ2v) is 6.17. The van der Waals surface area contributed by atoms with Crippen LogP contribution in [0.5, 0.6) is 0 Å². The summed E-state index contributed by atoms with van der Waals surface area (Å²) in [5.74, 6) is 0. The fraction of sp³-hybridized carbons (Fsp3) is 0.769. The van der Waals surface area contributed by atoms with Gasteiger partial charge in [-0.3, -0.25) is 0 Å². The molecule has 1 aliphatic rings. The zero-order chi connectivity index (χ0) is 11.4. The summed E-state index contributed by atoms with van der Waals surface area (Å²) < 4.78 is 0. The zero-order valence-electron chi connectivity index (χ0n) is 10.3. The van der Waals surface area contributed by atoms with Gasteiger partial charge in [-0.25, -0.2) is 4.98 Å². The molecule has 3 heteroatoms. The topological polar surface area (TPSA) is 24.9 Å². The molecule has 1 aromatic rings. The van der Waals surface area contributed by atoms with Crippen molar-refractivity contribution in [2.45, 2.75) is 51.5 Å². The maximum absolute atomic E-state index is 4.41. The minimum absolute atomic E-state index is 0.471. The summed E-state index contributed by atoms with van der Waals surface area (Å²) in [5.41, 5.74) is 0.471. The molecule has 0 aliphatic heterocycles. The number of hydrogen-bond acceptors (Lipinski definition) is 3. The van der Waals surface area contributed by atoms with Crippen molar-refractivity contribution in [3.8, 4) is 0 Å². The minimum Gasteiger partial charge on any atom is -0.316 e. The molecular weight excluding hydrogens is 216 g/mol. The lowest BCUT2D eigenvalue weighted by Crippen LogP contribution is -2.44. The van der Waals surface area contributed by atoms with Gasteiger partial charge in [-0.2, -0.15) is 0 Å². The summed E-state index contributed by atoms with van der Waals surface area (Å²) in [4.78, 5) is 4.41. The third-order valence-electron chi connectivity index (χ3n) is 4.05. The van der Waals surface area contributed by atoms with E-state index in [4.69, 9.17) is 0 Å². The van der Waals surface area contributed by atoms with Crippen LogP contribution in [0.25, 0.3) is 0 Å². The molecule has 2 rings (SSSR count). The van der Waals surface area contributed by atoms with E-state index in [1.165, 1.54) is 37.1 Å². The molecule has 1 saturated carbocycles. The average molecular weight is 238 g/mol. The first-order valence-electron chi connectivity index (χ1n) is 6.30. The molecular formula is C13H22N2S. The molecule has 0 bridgehead atoms.